The topological polar surface area (TPSA) is 47.7 Å². The van der Waals surface area contributed by atoms with Crippen LogP contribution in [0, 0.1) is 0 Å². The monoisotopic (exact) mass is 354 g/mol. The molecule has 0 unspecified atom stereocenters. The summed E-state index contributed by atoms with van der Waals surface area (Å²) in [6.07, 6.45) is 0.729. The van der Waals surface area contributed by atoms with Gasteiger partial charge in [-0.15, -0.1) is 0 Å². The minimum atomic E-state index is -0.725. The fraction of sp³-hybridized carbons (Fsp3) is 0.455. The molecule has 140 valence electrons. The number of nitrogens with zero attached hydrogens (tertiary/aromatic N) is 1. The summed E-state index contributed by atoms with van der Waals surface area (Å²) in [6.45, 7) is 6.78. The maximum atomic E-state index is 6.58. The second-order valence-corrected chi connectivity index (χ2v) is 6.83. The minimum Gasteiger partial charge on any atom is -0.349 e. The van der Waals surface area contributed by atoms with Gasteiger partial charge in [0.2, 0.25) is 0 Å². The van der Waals surface area contributed by atoms with E-state index in [1.54, 1.807) is 0 Å². The molecule has 26 heavy (non-hydrogen) atoms. The summed E-state index contributed by atoms with van der Waals surface area (Å²) in [5, 5.41) is 0. The van der Waals surface area contributed by atoms with E-state index in [4.69, 9.17) is 15.2 Å². The largest absolute Gasteiger partial charge is 0.349 e. The van der Waals surface area contributed by atoms with Crippen LogP contribution in [0.15, 0.2) is 60.7 Å². The summed E-state index contributed by atoms with van der Waals surface area (Å²) in [5.74, 6) is -0.725. The van der Waals surface area contributed by atoms with Gasteiger partial charge in [-0.05, 0) is 25.0 Å². The molecular formula is C22H30N2O2. The zero-order valence-electron chi connectivity index (χ0n) is 15.8. The Kier molecular flexibility index (Phi) is 6.43. The first-order valence-electron chi connectivity index (χ1n) is 9.55. The van der Waals surface area contributed by atoms with E-state index in [-0.39, 0.29) is 12.1 Å². The molecule has 0 bridgehead atoms. The molecule has 0 radical (unpaired) electrons. The lowest BCUT2D eigenvalue weighted by atomic mass is 9.87. The molecule has 3 rings (SSSR count). The van der Waals surface area contributed by atoms with Gasteiger partial charge in [0, 0.05) is 38.8 Å². The lowest BCUT2D eigenvalue weighted by molar-refractivity contribution is -0.271. The molecule has 2 aromatic carbocycles. The van der Waals surface area contributed by atoms with Crippen molar-refractivity contribution in [3.8, 4) is 0 Å². The summed E-state index contributed by atoms with van der Waals surface area (Å²) in [6, 6.07) is 21.2. The molecule has 1 heterocycles. The Morgan fingerprint density at radius 1 is 0.962 bits per heavy atom. The van der Waals surface area contributed by atoms with Gasteiger partial charge in [0.05, 0.1) is 6.04 Å². The molecule has 4 heteroatoms. The highest BCUT2D eigenvalue weighted by Gasteiger charge is 2.47. The van der Waals surface area contributed by atoms with Crippen LogP contribution in [0.2, 0.25) is 0 Å². The minimum absolute atomic E-state index is 0.189. The number of benzene rings is 2. The SMILES string of the molecule is CCOC1(OCC)C[C@@H](c2ccccc2)N(Cc2ccccc2)C[C@@H]1N. The number of likely N-dealkylation sites (tertiary alicyclic amines) is 1. The second kappa shape index (κ2) is 8.78. The van der Waals surface area contributed by atoms with Gasteiger partial charge in [-0.25, -0.2) is 0 Å². The Bertz CT molecular complexity index is 656. The molecule has 0 amide bonds. The fourth-order valence-electron chi connectivity index (χ4n) is 3.93. The molecule has 2 atom stereocenters. The predicted molar refractivity (Wildman–Crippen MR) is 105 cm³/mol. The third-order valence-corrected chi connectivity index (χ3v) is 5.10. The molecule has 0 aromatic heterocycles. The number of rotatable bonds is 7. The molecule has 0 spiro atoms. The van der Waals surface area contributed by atoms with Crippen LogP contribution in [0.1, 0.15) is 37.4 Å². The van der Waals surface area contributed by atoms with Gasteiger partial charge >= 0.3 is 0 Å². The van der Waals surface area contributed by atoms with Crippen molar-refractivity contribution in [2.75, 3.05) is 19.8 Å². The first-order valence-corrected chi connectivity index (χ1v) is 9.55. The van der Waals surface area contributed by atoms with E-state index >= 15 is 0 Å². The summed E-state index contributed by atoms with van der Waals surface area (Å²) in [4.78, 5) is 2.45. The molecule has 2 N–H and O–H groups in total. The Labute approximate surface area is 156 Å². The fourth-order valence-corrected chi connectivity index (χ4v) is 3.93. The number of hydrogen-bond donors (Lipinski definition) is 1. The first kappa shape index (κ1) is 19.1. The maximum absolute atomic E-state index is 6.58. The molecule has 1 fully saturated rings. The van der Waals surface area contributed by atoms with E-state index in [1.165, 1.54) is 11.1 Å². The predicted octanol–water partition coefficient (Wildman–Crippen LogP) is 3.73. The molecule has 1 saturated heterocycles. The van der Waals surface area contributed by atoms with Crippen LogP contribution in [0.3, 0.4) is 0 Å². The third kappa shape index (κ3) is 4.15. The summed E-state index contributed by atoms with van der Waals surface area (Å²) < 4.78 is 12.2. The normalized spacial score (nSPS) is 23.0. The van der Waals surface area contributed by atoms with Crippen molar-refractivity contribution in [2.45, 2.75) is 44.7 Å². The molecule has 4 nitrogen and oxygen atoms in total. The molecule has 0 aliphatic carbocycles. The summed E-state index contributed by atoms with van der Waals surface area (Å²) in [5.41, 5.74) is 9.15. The van der Waals surface area contributed by atoms with E-state index in [0.717, 1.165) is 19.5 Å². The van der Waals surface area contributed by atoms with Gasteiger partial charge in [-0.2, -0.15) is 0 Å². The highest BCUT2D eigenvalue weighted by atomic mass is 16.7. The van der Waals surface area contributed by atoms with Gasteiger partial charge < -0.3 is 15.2 Å². The zero-order chi connectivity index (χ0) is 18.4. The van der Waals surface area contributed by atoms with E-state index in [9.17, 15) is 0 Å². The number of piperidine rings is 1. The van der Waals surface area contributed by atoms with Crippen molar-refractivity contribution in [1.82, 2.24) is 4.90 Å². The lowest BCUT2D eigenvalue weighted by Crippen LogP contribution is -2.62. The smallest absolute Gasteiger partial charge is 0.186 e. The van der Waals surface area contributed by atoms with Gasteiger partial charge in [-0.1, -0.05) is 60.7 Å². The van der Waals surface area contributed by atoms with E-state index in [2.05, 4.69) is 65.6 Å². The Morgan fingerprint density at radius 3 is 2.12 bits per heavy atom. The molecule has 1 aliphatic heterocycles. The van der Waals surface area contributed by atoms with Crippen molar-refractivity contribution in [3.63, 3.8) is 0 Å². The highest BCUT2D eigenvalue weighted by molar-refractivity contribution is 5.22. The van der Waals surface area contributed by atoms with Crippen molar-refractivity contribution >= 4 is 0 Å². The van der Waals surface area contributed by atoms with Gasteiger partial charge in [-0.3, -0.25) is 4.90 Å². The van der Waals surface area contributed by atoms with Crippen molar-refractivity contribution < 1.29 is 9.47 Å². The van der Waals surface area contributed by atoms with Gasteiger partial charge in [0.25, 0.3) is 0 Å². The van der Waals surface area contributed by atoms with E-state index < -0.39 is 5.79 Å². The molecule has 1 aliphatic rings. The maximum Gasteiger partial charge on any atom is 0.186 e. The van der Waals surface area contributed by atoms with Crippen molar-refractivity contribution in [3.05, 3.63) is 71.8 Å². The number of nitrogens with two attached hydrogens (primary N) is 1. The summed E-state index contributed by atoms with van der Waals surface area (Å²) >= 11 is 0. The van der Waals surface area contributed by atoms with Crippen LogP contribution in [-0.2, 0) is 16.0 Å². The van der Waals surface area contributed by atoms with Crippen LogP contribution >= 0.6 is 0 Å². The Hall–Kier alpha value is -1.72. The molecule has 0 saturated carbocycles. The van der Waals surface area contributed by atoms with Crippen LogP contribution in [0.5, 0.6) is 0 Å². The summed E-state index contributed by atoms with van der Waals surface area (Å²) in [7, 11) is 0. The highest BCUT2D eigenvalue weighted by Crippen LogP contribution is 2.39. The van der Waals surface area contributed by atoms with E-state index in [0.29, 0.717) is 13.2 Å². The first-order chi connectivity index (χ1) is 12.7. The van der Waals surface area contributed by atoms with E-state index in [1.807, 2.05) is 13.8 Å². The zero-order valence-corrected chi connectivity index (χ0v) is 15.8. The average Bonchev–Trinajstić information content (AvgIpc) is 2.66. The van der Waals surface area contributed by atoms with Crippen LogP contribution < -0.4 is 5.73 Å². The molecule has 2 aromatic rings. The van der Waals surface area contributed by atoms with Gasteiger partial charge in [0.1, 0.15) is 0 Å². The number of ether oxygens (including phenoxy) is 2. The number of hydrogen-bond acceptors (Lipinski definition) is 4. The quantitative estimate of drug-likeness (QED) is 0.770. The van der Waals surface area contributed by atoms with Crippen LogP contribution in [0.25, 0.3) is 0 Å². The molecular weight excluding hydrogens is 324 g/mol. The Morgan fingerprint density at radius 2 is 1.54 bits per heavy atom. The standard InChI is InChI=1S/C22H30N2O2/c1-3-25-22(26-4-2)15-20(19-13-9-6-10-14-19)24(17-21(22)23)16-18-11-7-5-8-12-18/h5-14,20-21H,3-4,15-17,23H2,1-2H3/t20-,21-/m0/s1. The van der Waals surface area contributed by atoms with Crippen LogP contribution in [-0.4, -0.2) is 36.5 Å². The van der Waals surface area contributed by atoms with Crippen molar-refractivity contribution in [1.29, 1.82) is 0 Å². The van der Waals surface area contributed by atoms with Gasteiger partial charge in [0.15, 0.2) is 5.79 Å². The average molecular weight is 354 g/mol. The third-order valence-electron chi connectivity index (χ3n) is 5.10. The van der Waals surface area contributed by atoms with Crippen molar-refractivity contribution in [2.24, 2.45) is 5.73 Å². The second-order valence-electron chi connectivity index (χ2n) is 6.83. The lowest BCUT2D eigenvalue weighted by Gasteiger charge is -2.49. The Balaban J connectivity index is 1.91. The van der Waals surface area contributed by atoms with Crippen LogP contribution in [0.4, 0.5) is 0 Å².